The van der Waals surface area contributed by atoms with Crippen LogP contribution in [0, 0.1) is 5.41 Å². The third kappa shape index (κ3) is 0.759. The average Bonchev–Trinajstić information content (AvgIpc) is 1.84. The van der Waals surface area contributed by atoms with Gasteiger partial charge in [-0.3, -0.25) is 9.59 Å². The van der Waals surface area contributed by atoms with E-state index in [-0.39, 0.29) is 12.8 Å². The monoisotopic (exact) mass is 175 g/mol. The molecule has 0 aliphatic heterocycles. The molecule has 0 aromatic rings. The summed E-state index contributed by atoms with van der Waals surface area (Å²) in [6.07, 6.45) is -0.143. The second kappa shape index (κ2) is 2.18. The Bertz CT molecular complexity index is 232. The molecule has 0 aromatic carbocycles. The molecular formula is C6H9NO5. The van der Waals surface area contributed by atoms with E-state index in [0.717, 1.165) is 0 Å². The number of aliphatic carboxylic acids is 2. The minimum atomic E-state index is -2.22. The summed E-state index contributed by atoms with van der Waals surface area (Å²) in [6.45, 7) is 0. The number of aliphatic hydroxyl groups is 1. The van der Waals surface area contributed by atoms with E-state index >= 15 is 0 Å². The molecule has 0 saturated heterocycles. The van der Waals surface area contributed by atoms with Crippen molar-refractivity contribution in [1.29, 1.82) is 0 Å². The zero-order valence-corrected chi connectivity index (χ0v) is 6.15. The lowest BCUT2D eigenvalue weighted by Crippen LogP contribution is -2.70. The Kier molecular flexibility index (Phi) is 1.62. The third-order valence-corrected chi connectivity index (χ3v) is 2.35. The van der Waals surface area contributed by atoms with Gasteiger partial charge in [-0.2, -0.15) is 0 Å². The molecule has 1 fully saturated rings. The molecule has 68 valence electrons. The van der Waals surface area contributed by atoms with Gasteiger partial charge in [0.2, 0.25) is 5.41 Å². The van der Waals surface area contributed by atoms with Crippen molar-refractivity contribution in [1.82, 2.24) is 0 Å². The Hall–Kier alpha value is -1.14. The summed E-state index contributed by atoms with van der Waals surface area (Å²) in [5.41, 5.74) is 0.761. The number of carboxylic acid groups (broad SMARTS) is 2. The Morgan fingerprint density at radius 2 is 1.58 bits per heavy atom. The first-order chi connectivity index (χ1) is 5.34. The zero-order valence-electron chi connectivity index (χ0n) is 6.15. The standard InChI is InChI=1S/C6H9NO5/c7-6(12)2-1-5(6,3(8)9)4(10)11/h12H,1-2,7H2,(H,8,9)(H,10,11)/t6-/m0/s1. The van der Waals surface area contributed by atoms with Crippen LogP contribution in [-0.2, 0) is 9.59 Å². The largest absolute Gasteiger partial charge is 0.480 e. The predicted octanol–water partition coefficient (Wildman–Crippen LogP) is -1.42. The maximum Gasteiger partial charge on any atom is 0.325 e. The molecule has 0 heterocycles. The highest BCUT2D eigenvalue weighted by Gasteiger charge is 2.67. The zero-order chi connectivity index (χ0) is 9.57. The van der Waals surface area contributed by atoms with Gasteiger partial charge in [0.25, 0.3) is 0 Å². The van der Waals surface area contributed by atoms with Crippen LogP contribution in [0.25, 0.3) is 0 Å². The van der Waals surface area contributed by atoms with Gasteiger partial charge in [-0.05, 0) is 12.8 Å². The van der Waals surface area contributed by atoms with E-state index in [4.69, 9.17) is 15.9 Å². The van der Waals surface area contributed by atoms with Crippen molar-refractivity contribution in [3.63, 3.8) is 0 Å². The molecule has 1 atom stereocenters. The van der Waals surface area contributed by atoms with E-state index in [1.165, 1.54) is 0 Å². The second-order valence-corrected chi connectivity index (χ2v) is 2.94. The van der Waals surface area contributed by atoms with Gasteiger partial charge in [0.05, 0.1) is 0 Å². The van der Waals surface area contributed by atoms with Crippen molar-refractivity contribution in [2.45, 2.75) is 18.6 Å². The quantitative estimate of drug-likeness (QED) is 0.302. The first-order valence-electron chi connectivity index (χ1n) is 3.32. The number of nitrogens with two attached hydrogens (primary N) is 1. The fraction of sp³-hybridized carbons (Fsp3) is 0.667. The van der Waals surface area contributed by atoms with Gasteiger partial charge in [-0.15, -0.1) is 0 Å². The maximum absolute atomic E-state index is 10.5. The molecule has 5 N–H and O–H groups in total. The van der Waals surface area contributed by atoms with E-state index < -0.39 is 23.1 Å². The predicted molar refractivity (Wildman–Crippen MR) is 36.1 cm³/mol. The van der Waals surface area contributed by atoms with Gasteiger partial charge in [0.15, 0.2) is 0 Å². The molecule has 0 bridgehead atoms. The number of rotatable bonds is 2. The van der Waals surface area contributed by atoms with Crippen LogP contribution < -0.4 is 5.73 Å². The van der Waals surface area contributed by atoms with E-state index in [2.05, 4.69) is 0 Å². The molecule has 6 heteroatoms. The van der Waals surface area contributed by atoms with Gasteiger partial charge in [0, 0.05) is 0 Å². The number of hydrogen-bond acceptors (Lipinski definition) is 4. The van der Waals surface area contributed by atoms with Gasteiger partial charge in [-0.25, -0.2) is 0 Å². The maximum atomic E-state index is 10.5. The molecule has 1 aliphatic carbocycles. The van der Waals surface area contributed by atoms with Gasteiger partial charge < -0.3 is 21.1 Å². The Morgan fingerprint density at radius 1 is 1.17 bits per heavy atom. The van der Waals surface area contributed by atoms with Gasteiger partial charge in [0.1, 0.15) is 5.72 Å². The van der Waals surface area contributed by atoms with Crippen LogP contribution >= 0.6 is 0 Å². The van der Waals surface area contributed by atoms with Crippen molar-refractivity contribution < 1.29 is 24.9 Å². The minimum Gasteiger partial charge on any atom is -0.480 e. The van der Waals surface area contributed by atoms with E-state index in [1.54, 1.807) is 0 Å². The van der Waals surface area contributed by atoms with Crippen molar-refractivity contribution in [2.75, 3.05) is 0 Å². The summed E-state index contributed by atoms with van der Waals surface area (Å²) < 4.78 is 0. The molecule has 0 radical (unpaired) electrons. The minimum absolute atomic E-state index is 0.00833. The highest BCUT2D eigenvalue weighted by Crippen LogP contribution is 2.47. The molecule has 1 saturated carbocycles. The molecule has 1 aliphatic rings. The summed E-state index contributed by atoms with van der Waals surface area (Å²) in [7, 11) is 0. The molecule has 0 aromatic heterocycles. The van der Waals surface area contributed by atoms with Crippen LogP contribution in [0.3, 0.4) is 0 Å². The first-order valence-corrected chi connectivity index (χ1v) is 3.32. The smallest absolute Gasteiger partial charge is 0.325 e. The molecule has 0 spiro atoms. The van der Waals surface area contributed by atoms with Crippen LogP contribution in [0.1, 0.15) is 12.8 Å². The van der Waals surface area contributed by atoms with E-state index in [1.807, 2.05) is 0 Å². The van der Waals surface area contributed by atoms with Crippen molar-refractivity contribution in [2.24, 2.45) is 11.1 Å². The number of hydrogen-bond donors (Lipinski definition) is 4. The number of carbonyl (C=O) groups is 2. The third-order valence-electron chi connectivity index (χ3n) is 2.35. The lowest BCUT2D eigenvalue weighted by atomic mass is 9.61. The van der Waals surface area contributed by atoms with E-state index in [9.17, 15) is 14.7 Å². The highest BCUT2D eigenvalue weighted by atomic mass is 16.4. The number of carboxylic acids is 2. The summed E-state index contributed by atoms with van der Waals surface area (Å²) in [5, 5.41) is 26.3. The van der Waals surface area contributed by atoms with Crippen LogP contribution in [0.4, 0.5) is 0 Å². The normalized spacial score (nSPS) is 32.2. The average molecular weight is 175 g/mol. The summed E-state index contributed by atoms with van der Waals surface area (Å²) >= 11 is 0. The molecule has 0 amide bonds. The molecule has 12 heavy (non-hydrogen) atoms. The van der Waals surface area contributed by atoms with Crippen molar-refractivity contribution in [3.8, 4) is 0 Å². The van der Waals surface area contributed by atoms with Crippen LogP contribution in [-0.4, -0.2) is 33.0 Å². The lowest BCUT2D eigenvalue weighted by molar-refractivity contribution is -0.210. The highest BCUT2D eigenvalue weighted by molar-refractivity contribution is 6.01. The molecule has 1 rings (SSSR count). The van der Waals surface area contributed by atoms with Crippen LogP contribution in [0.15, 0.2) is 0 Å². The van der Waals surface area contributed by atoms with E-state index in [0.29, 0.717) is 0 Å². The van der Waals surface area contributed by atoms with Gasteiger partial charge >= 0.3 is 11.9 Å². The Morgan fingerprint density at radius 3 is 1.58 bits per heavy atom. The van der Waals surface area contributed by atoms with Crippen LogP contribution in [0.2, 0.25) is 0 Å². The fourth-order valence-electron chi connectivity index (χ4n) is 1.31. The lowest BCUT2D eigenvalue weighted by Gasteiger charge is -2.47. The second-order valence-electron chi connectivity index (χ2n) is 2.94. The SMILES string of the molecule is N[C@]1(O)CCC1(C(=O)O)C(=O)O. The Balaban J connectivity index is 3.06. The molecule has 6 nitrogen and oxygen atoms in total. The molecule has 0 unspecified atom stereocenters. The Labute approximate surface area is 67.6 Å². The fourth-order valence-corrected chi connectivity index (χ4v) is 1.31. The van der Waals surface area contributed by atoms with Crippen molar-refractivity contribution in [3.05, 3.63) is 0 Å². The molecular weight excluding hydrogens is 166 g/mol. The van der Waals surface area contributed by atoms with Crippen molar-refractivity contribution >= 4 is 11.9 Å². The summed E-state index contributed by atoms with van der Waals surface area (Å²) in [6, 6.07) is 0. The first kappa shape index (κ1) is 8.95. The summed E-state index contributed by atoms with van der Waals surface area (Å²) in [5.74, 6) is -3.18. The van der Waals surface area contributed by atoms with Gasteiger partial charge in [-0.1, -0.05) is 0 Å². The topological polar surface area (TPSA) is 121 Å². The van der Waals surface area contributed by atoms with Crippen LogP contribution in [0.5, 0.6) is 0 Å². The summed E-state index contributed by atoms with van der Waals surface area (Å²) in [4.78, 5) is 21.1.